The number of nitrogens with zero attached hydrogens (tertiary/aromatic N) is 2. The fourth-order valence-electron chi connectivity index (χ4n) is 4.08. The van der Waals surface area contributed by atoms with Gasteiger partial charge in [0.05, 0.1) is 11.9 Å². The lowest BCUT2D eigenvalue weighted by molar-refractivity contribution is -0.140. The Kier molecular flexibility index (Phi) is 10.5. The van der Waals surface area contributed by atoms with Crippen LogP contribution in [-0.2, 0) is 32.6 Å². The summed E-state index contributed by atoms with van der Waals surface area (Å²) in [6, 6.07) is 20.3. The van der Waals surface area contributed by atoms with E-state index in [1.807, 2.05) is 44.2 Å². The minimum absolute atomic E-state index is 0.0142. The summed E-state index contributed by atoms with van der Waals surface area (Å²) in [7, 11) is -4.05. The van der Waals surface area contributed by atoms with Crippen LogP contribution in [0, 0.1) is 5.82 Å². The zero-order chi connectivity index (χ0) is 28.6. The van der Waals surface area contributed by atoms with Crippen LogP contribution in [0.2, 0.25) is 5.02 Å². The van der Waals surface area contributed by atoms with Gasteiger partial charge in [0.25, 0.3) is 0 Å². The smallest absolute Gasteiger partial charge is 0.244 e. The molecule has 0 aliphatic rings. The highest BCUT2D eigenvalue weighted by Gasteiger charge is 2.34. The van der Waals surface area contributed by atoms with Crippen LogP contribution < -0.4 is 9.62 Å². The molecule has 3 rings (SSSR count). The number of amides is 2. The molecule has 3 aromatic rings. The maximum atomic E-state index is 14.7. The molecule has 0 unspecified atom stereocenters. The van der Waals surface area contributed by atoms with Crippen molar-refractivity contribution in [3.05, 3.63) is 101 Å². The monoisotopic (exact) mass is 573 g/mol. The second-order valence-corrected chi connectivity index (χ2v) is 11.7. The Morgan fingerprint density at radius 1 is 0.974 bits per heavy atom. The Balaban J connectivity index is 2.07. The summed E-state index contributed by atoms with van der Waals surface area (Å²) in [5.74, 6) is -1.82. The number of carbonyl (C=O) groups excluding carboxylic acids is 2. The molecule has 0 fully saturated rings. The van der Waals surface area contributed by atoms with Gasteiger partial charge in [-0.05, 0) is 48.7 Å². The predicted molar refractivity (Wildman–Crippen MR) is 152 cm³/mol. The summed E-state index contributed by atoms with van der Waals surface area (Å²) in [5, 5.41) is 3.41. The normalized spacial score (nSPS) is 12.8. The number of anilines is 1. The minimum atomic E-state index is -4.05. The molecule has 0 aliphatic heterocycles. The topological polar surface area (TPSA) is 86.8 Å². The van der Waals surface area contributed by atoms with Crippen molar-refractivity contribution in [2.24, 2.45) is 0 Å². The summed E-state index contributed by atoms with van der Waals surface area (Å²) in [5.41, 5.74) is 1.22. The van der Waals surface area contributed by atoms with Crippen LogP contribution in [0.25, 0.3) is 0 Å². The number of nitrogens with one attached hydrogen (secondary N) is 1. The first-order valence-electron chi connectivity index (χ1n) is 12.6. The van der Waals surface area contributed by atoms with Crippen molar-refractivity contribution in [1.82, 2.24) is 10.2 Å². The SMILES string of the molecule is CC[C@H](C)NC(=O)[C@H](Cc1ccccc1)N(Cc1cccc(Cl)c1)C(=O)CN(c1ccccc1F)S(C)(=O)=O. The lowest BCUT2D eigenvalue weighted by atomic mass is 10.0. The van der Waals surface area contributed by atoms with E-state index < -0.39 is 34.3 Å². The Hall–Kier alpha value is -3.43. The molecule has 0 saturated carbocycles. The number of carbonyl (C=O) groups is 2. The van der Waals surface area contributed by atoms with Crippen molar-refractivity contribution in [3.63, 3.8) is 0 Å². The van der Waals surface area contributed by atoms with Gasteiger partial charge in [-0.15, -0.1) is 0 Å². The number of benzene rings is 3. The molecular formula is C29H33ClFN3O4S. The summed E-state index contributed by atoms with van der Waals surface area (Å²) in [6.07, 6.45) is 1.78. The van der Waals surface area contributed by atoms with Crippen LogP contribution in [0.15, 0.2) is 78.9 Å². The van der Waals surface area contributed by atoms with Crippen LogP contribution in [0.5, 0.6) is 0 Å². The van der Waals surface area contributed by atoms with Crippen LogP contribution in [0.1, 0.15) is 31.4 Å². The average molecular weight is 574 g/mol. The van der Waals surface area contributed by atoms with Crippen LogP contribution in [0.4, 0.5) is 10.1 Å². The van der Waals surface area contributed by atoms with Gasteiger partial charge in [0.2, 0.25) is 21.8 Å². The van der Waals surface area contributed by atoms with Crippen molar-refractivity contribution in [2.75, 3.05) is 17.1 Å². The van der Waals surface area contributed by atoms with Gasteiger partial charge in [-0.25, -0.2) is 12.8 Å². The molecule has 0 aromatic heterocycles. The Bertz CT molecular complexity index is 1390. The minimum Gasteiger partial charge on any atom is -0.352 e. The van der Waals surface area contributed by atoms with E-state index >= 15 is 0 Å². The highest BCUT2D eigenvalue weighted by atomic mass is 35.5. The van der Waals surface area contributed by atoms with E-state index in [0.29, 0.717) is 17.0 Å². The van der Waals surface area contributed by atoms with E-state index in [1.165, 1.54) is 23.1 Å². The maximum Gasteiger partial charge on any atom is 0.244 e. The molecule has 1 N–H and O–H groups in total. The van der Waals surface area contributed by atoms with E-state index in [9.17, 15) is 22.4 Å². The molecule has 208 valence electrons. The number of para-hydroxylation sites is 1. The third-order valence-electron chi connectivity index (χ3n) is 6.31. The van der Waals surface area contributed by atoms with E-state index in [2.05, 4.69) is 5.32 Å². The standard InChI is InChI=1S/C29H33ClFN3O4S/c1-4-21(2)32-29(36)27(18-22-11-6-5-7-12-22)33(19-23-13-10-14-24(30)17-23)28(35)20-34(39(3,37)38)26-16-9-8-15-25(26)31/h5-17,21,27H,4,18-20H2,1-3H3,(H,32,36)/t21-,27-/m0/s1. The lowest BCUT2D eigenvalue weighted by Gasteiger charge is -2.34. The first-order chi connectivity index (χ1) is 18.5. The molecular weight excluding hydrogens is 541 g/mol. The van der Waals surface area contributed by atoms with Gasteiger partial charge in [-0.1, -0.05) is 73.1 Å². The first-order valence-corrected chi connectivity index (χ1v) is 14.8. The third kappa shape index (κ3) is 8.53. The van der Waals surface area contributed by atoms with Crippen molar-refractivity contribution in [1.29, 1.82) is 0 Å². The molecule has 3 aromatic carbocycles. The molecule has 2 amide bonds. The largest absolute Gasteiger partial charge is 0.352 e. The Morgan fingerprint density at radius 2 is 1.62 bits per heavy atom. The molecule has 0 bridgehead atoms. The Morgan fingerprint density at radius 3 is 2.23 bits per heavy atom. The van der Waals surface area contributed by atoms with Gasteiger partial charge in [-0.2, -0.15) is 0 Å². The average Bonchev–Trinajstić information content (AvgIpc) is 2.89. The summed E-state index contributed by atoms with van der Waals surface area (Å²) in [6.45, 7) is 3.09. The van der Waals surface area contributed by atoms with E-state index in [0.717, 1.165) is 22.2 Å². The second kappa shape index (κ2) is 13.6. The summed E-state index contributed by atoms with van der Waals surface area (Å²) in [4.78, 5) is 28.9. The van der Waals surface area contributed by atoms with Crippen molar-refractivity contribution < 1.29 is 22.4 Å². The number of hydrogen-bond acceptors (Lipinski definition) is 4. The van der Waals surface area contributed by atoms with Crippen molar-refractivity contribution in [2.45, 2.75) is 45.3 Å². The number of hydrogen-bond donors (Lipinski definition) is 1. The number of halogens is 2. The van der Waals surface area contributed by atoms with Gasteiger partial charge >= 0.3 is 0 Å². The van der Waals surface area contributed by atoms with Gasteiger partial charge in [0, 0.05) is 24.0 Å². The predicted octanol–water partition coefficient (Wildman–Crippen LogP) is 4.80. The first kappa shape index (κ1) is 30.1. The van der Waals surface area contributed by atoms with Gasteiger partial charge < -0.3 is 10.2 Å². The molecule has 2 atom stereocenters. The number of sulfonamides is 1. The van der Waals surface area contributed by atoms with Crippen LogP contribution in [-0.4, -0.2) is 50.0 Å². The number of rotatable bonds is 12. The zero-order valence-electron chi connectivity index (χ0n) is 22.2. The molecule has 0 heterocycles. The quantitative estimate of drug-likeness (QED) is 0.337. The molecule has 10 heteroatoms. The van der Waals surface area contributed by atoms with Crippen LogP contribution >= 0.6 is 11.6 Å². The van der Waals surface area contributed by atoms with E-state index in [4.69, 9.17) is 11.6 Å². The summed E-state index contributed by atoms with van der Waals surface area (Å²) >= 11 is 6.20. The molecule has 0 aliphatic carbocycles. The van der Waals surface area contributed by atoms with Gasteiger partial charge in [-0.3, -0.25) is 13.9 Å². The third-order valence-corrected chi connectivity index (χ3v) is 7.68. The maximum absolute atomic E-state index is 14.7. The van der Waals surface area contributed by atoms with Crippen LogP contribution in [0.3, 0.4) is 0 Å². The highest BCUT2D eigenvalue weighted by Crippen LogP contribution is 2.23. The molecule has 0 spiro atoms. The fraction of sp³-hybridized carbons (Fsp3) is 0.310. The molecule has 7 nitrogen and oxygen atoms in total. The second-order valence-electron chi connectivity index (χ2n) is 9.40. The highest BCUT2D eigenvalue weighted by molar-refractivity contribution is 7.92. The summed E-state index contributed by atoms with van der Waals surface area (Å²) < 4.78 is 40.8. The molecule has 0 radical (unpaired) electrons. The zero-order valence-corrected chi connectivity index (χ0v) is 23.8. The van der Waals surface area contributed by atoms with Gasteiger partial charge in [0.1, 0.15) is 18.4 Å². The fourth-order valence-corrected chi connectivity index (χ4v) is 5.14. The van der Waals surface area contributed by atoms with E-state index in [-0.39, 0.29) is 30.6 Å². The van der Waals surface area contributed by atoms with E-state index in [1.54, 1.807) is 24.3 Å². The molecule has 0 saturated heterocycles. The van der Waals surface area contributed by atoms with Crippen molar-refractivity contribution >= 4 is 39.1 Å². The van der Waals surface area contributed by atoms with Crippen molar-refractivity contribution in [3.8, 4) is 0 Å². The van der Waals surface area contributed by atoms with Gasteiger partial charge in [0.15, 0.2) is 0 Å². The molecule has 39 heavy (non-hydrogen) atoms. The Labute approximate surface area is 234 Å². The lowest BCUT2D eigenvalue weighted by Crippen LogP contribution is -2.54.